The van der Waals surface area contributed by atoms with Crippen LogP contribution in [0.25, 0.3) is 0 Å². The van der Waals surface area contributed by atoms with Crippen LogP contribution >= 0.6 is 15.9 Å². The summed E-state index contributed by atoms with van der Waals surface area (Å²) >= 11 is 3.45. The van der Waals surface area contributed by atoms with E-state index in [-0.39, 0.29) is 0 Å². The summed E-state index contributed by atoms with van der Waals surface area (Å²) in [5, 5.41) is 0. The van der Waals surface area contributed by atoms with Crippen LogP contribution in [-0.4, -0.2) is 10.9 Å². The zero-order valence-corrected chi connectivity index (χ0v) is 12.8. The van der Waals surface area contributed by atoms with Crippen LogP contribution in [0.15, 0.2) is 41.0 Å². The summed E-state index contributed by atoms with van der Waals surface area (Å²) in [4.78, 5) is 15.3. The Hall–Kier alpha value is -1.88. The highest BCUT2D eigenvalue weighted by atomic mass is 79.9. The van der Waals surface area contributed by atoms with E-state index >= 15 is 0 Å². The molecule has 20 heavy (non-hydrogen) atoms. The molecule has 5 heteroatoms. The van der Waals surface area contributed by atoms with Gasteiger partial charge in [0.05, 0.1) is 0 Å². The lowest BCUT2D eigenvalue weighted by molar-refractivity contribution is 0.1000. The molecule has 2 aromatic rings. The van der Waals surface area contributed by atoms with Crippen LogP contribution in [0.2, 0.25) is 0 Å². The summed E-state index contributed by atoms with van der Waals surface area (Å²) in [6.45, 7) is 4.17. The maximum atomic E-state index is 11.2. The van der Waals surface area contributed by atoms with Crippen LogP contribution < -0.4 is 10.5 Å². The number of carbonyl (C=O) groups excluding carboxylic acids is 1. The molecule has 1 aromatic carbocycles. The fraction of sp³-hybridized carbons (Fsp3) is 0.200. The van der Waals surface area contributed by atoms with E-state index in [1.54, 1.807) is 6.07 Å². The Bertz CT molecular complexity index is 642. The third-order valence-corrected chi connectivity index (χ3v) is 3.32. The van der Waals surface area contributed by atoms with Gasteiger partial charge in [-0.2, -0.15) is 0 Å². The van der Waals surface area contributed by atoms with E-state index in [0.29, 0.717) is 17.4 Å². The molecule has 0 aliphatic heterocycles. The van der Waals surface area contributed by atoms with Crippen molar-refractivity contribution in [2.75, 3.05) is 0 Å². The summed E-state index contributed by atoms with van der Waals surface area (Å²) < 4.78 is 6.77. The van der Waals surface area contributed by atoms with Gasteiger partial charge in [-0.25, -0.2) is 4.98 Å². The van der Waals surface area contributed by atoms with Gasteiger partial charge in [-0.15, -0.1) is 0 Å². The largest absolute Gasteiger partial charge is 0.439 e. The van der Waals surface area contributed by atoms with Gasteiger partial charge in [-0.3, -0.25) is 4.79 Å². The molecule has 0 fully saturated rings. The number of hydrogen-bond acceptors (Lipinski definition) is 3. The van der Waals surface area contributed by atoms with Gasteiger partial charge in [-0.05, 0) is 35.7 Å². The van der Waals surface area contributed by atoms with E-state index in [9.17, 15) is 4.79 Å². The summed E-state index contributed by atoms with van der Waals surface area (Å²) in [5.41, 5.74) is 6.68. The number of primary amides is 1. The van der Waals surface area contributed by atoms with Crippen LogP contribution in [-0.2, 0) is 0 Å². The topological polar surface area (TPSA) is 65.2 Å². The second kappa shape index (κ2) is 6.05. The molecule has 1 aromatic heterocycles. The van der Waals surface area contributed by atoms with Crippen molar-refractivity contribution in [3.63, 3.8) is 0 Å². The van der Waals surface area contributed by atoms with E-state index in [2.05, 4.69) is 34.8 Å². The smallest absolute Gasteiger partial charge is 0.248 e. The maximum absolute atomic E-state index is 11.2. The van der Waals surface area contributed by atoms with Crippen molar-refractivity contribution in [3.8, 4) is 11.6 Å². The van der Waals surface area contributed by atoms with Gasteiger partial charge >= 0.3 is 0 Å². The number of halogens is 1. The fourth-order valence-electron chi connectivity index (χ4n) is 1.79. The first-order chi connectivity index (χ1) is 9.47. The molecule has 0 radical (unpaired) electrons. The number of amides is 1. The second-order valence-electron chi connectivity index (χ2n) is 4.69. The van der Waals surface area contributed by atoms with Crippen LogP contribution in [0.4, 0.5) is 0 Å². The lowest BCUT2D eigenvalue weighted by atomic mass is 10.0. The maximum Gasteiger partial charge on any atom is 0.248 e. The number of aromatic nitrogens is 1. The predicted octanol–water partition coefficient (Wildman–Crippen LogP) is 3.86. The molecular formula is C15H15BrN2O2. The Labute approximate surface area is 126 Å². The molecule has 2 rings (SSSR count). The van der Waals surface area contributed by atoms with E-state index in [0.717, 1.165) is 15.8 Å². The van der Waals surface area contributed by atoms with Crippen molar-refractivity contribution in [2.24, 2.45) is 5.73 Å². The highest BCUT2D eigenvalue weighted by molar-refractivity contribution is 9.10. The normalized spacial score (nSPS) is 10.6. The van der Waals surface area contributed by atoms with Gasteiger partial charge in [-0.1, -0.05) is 29.8 Å². The molecule has 0 aliphatic carbocycles. The first-order valence-electron chi connectivity index (χ1n) is 6.20. The van der Waals surface area contributed by atoms with Crippen molar-refractivity contribution in [1.29, 1.82) is 0 Å². The highest BCUT2D eigenvalue weighted by Crippen LogP contribution is 2.32. The molecule has 0 bridgehead atoms. The predicted molar refractivity (Wildman–Crippen MR) is 81.1 cm³/mol. The first kappa shape index (κ1) is 14.5. The van der Waals surface area contributed by atoms with Gasteiger partial charge in [0.2, 0.25) is 11.8 Å². The van der Waals surface area contributed by atoms with Crippen LogP contribution in [0, 0.1) is 0 Å². The minimum absolute atomic E-state index is 0.307. The van der Waals surface area contributed by atoms with Crippen LogP contribution in [0.3, 0.4) is 0 Å². The lowest BCUT2D eigenvalue weighted by Crippen LogP contribution is -2.11. The van der Waals surface area contributed by atoms with Gasteiger partial charge in [0.15, 0.2) is 0 Å². The Morgan fingerprint density at radius 3 is 2.70 bits per heavy atom. The monoisotopic (exact) mass is 334 g/mol. The van der Waals surface area contributed by atoms with Crippen molar-refractivity contribution in [1.82, 2.24) is 4.98 Å². The zero-order chi connectivity index (χ0) is 14.7. The molecule has 1 heterocycles. The summed E-state index contributed by atoms with van der Waals surface area (Å²) in [7, 11) is 0. The average Bonchev–Trinajstić information content (AvgIpc) is 2.41. The Morgan fingerprint density at radius 2 is 2.05 bits per heavy atom. The van der Waals surface area contributed by atoms with Crippen molar-refractivity contribution < 1.29 is 9.53 Å². The molecule has 1 amide bonds. The van der Waals surface area contributed by atoms with Gasteiger partial charge in [0, 0.05) is 22.3 Å². The number of carbonyl (C=O) groups is 1. The van der Waals surface area contributed by atoms with E-state index in [1.807, 2.05) is 18.2 Å². The number of benzene rings is 1. The van der Waals surface area contributed by atoms with Crippen LogP contribution in [0.1, 0.15) is 35.7 Å². The number of rotatable bonds is 4. The number of pyridine rings is 1. The lowest BCUT2D eigenvalue weighted by Gasteiger charge is -2.13. The van der Waals surface area contributed by atoms with Crippen molar-refractivity contribution >= 4 is 21.8 Å². The third kappa shape index (κ3) is 3.36. The molecule has 4 nitrogen and oxygen atoms in total. The molecule has 0 saturated heterocycles. The molecule has 0 unspecified atom stereocenters. The molecule has 0 atom stereocenters. The second-order valence-corrected chi connectivity index (χ2v) is 5.60. The highest BCUT2D eigenvalue weighted by Gasteiger charge is 2.11. The first-order valence-corrected chi connectivity index (χ1v) is 7.00. The molecule has 2 N–H and O–H groups in total. The van der Waals surface area contributed by atoms with E-state index in [4.69, 9.17) is 10.5 Å². The van der Waals surface area contributed by atoms with Crippen LogP contribution in [0.5, 0.6) is 11.6 Å². The summed E-state index contributed by atoms with van der Waals surface area (Å²) in [6, 6.07) is 8.88. The third-order valence-electron chi connectivity index (χ3n) is 2.83. The summed E-state index contributed by atoms with van der Waals surface area (Å²) in [5.74, 6) is 0.877. The van der Waals surface area contributed by atoms with Gasteiger partial charge in [0.1, 0.15) is 5.75 Å². The van der Waals surface area contributed by atoms with Gasteiger partial charge in [0.25, 0.3) is 0 Å². The Balaban J connectivity index is 2.35. The van der Waals surface area contributed by atoms with Crippen molar-refractivity contribution in [3.05, 3.63) is 52.1 Å². The van der Waals surface area contributed by atoms with Gasteiger partial charge < -0.3 is 10.5 Å². The molecule has 104 valence electrons. The molecule has 0 spiro atoms. The molecular weight excluding hydrogens is 320 g/mol. The minimum atomic E-state index is -0.503. The number of hydrogen-bond donors (Lipinski definition) is 1. The Morgan fingerprint density at radius 1 is 1.30 bits per heavy atom. The standard InChI is InChI=1S/C15H15BrN2O2/c1-9(2)12-8-11(16)3-4-13(12)20-14-7-10(15(17)19)5-6-18-14/h3-9H,1-2H3,(H2,17,19). The fourth-order valence-corrected chi connectivity index (χ4v) is 2.17. The van der Waals surface area contributed by atoms with Crippen molar-refractivity contribution in [2.45, 2.75) is 19.8 Å². The Kier molecular flexibility index (Phi) is 4.39. The number of ether oxygens (including phenoxy) is 1. The number of nitrogens with zero attached hydrogens (tertiary/aromatic N) is 1. The zero-order valence-electron chi connectivity index (χ0n) is 11.3. The van der Waals surface area contributed by atoms with E-state index in [1.165, 1.54) is 12.3 Å². The number of nitrogens with two attached hydrogens (primary N) is 1. The summed E-state index contributed by atoms with van der Waals surface area (Å²) in [6.07, 6.45) is 1.50. The average molecular weight is 335 g/mol. The molecule has 0 saturated carbocycles. The SMILES string of the molecule is CC(C)c1cc(Br)ccc1Oc1cc(C(N)=O)ccn1. The molecule has 0 aliphatic rings. The van der Waals surface area contributed by atoms with E-state index < -0.39 is 5.91 Å². The quantitative estimate of drug-likeness (QED) is 0.923. The minimum Gasteiger partial charge on any atom is -0.439 e.